The summed E-state index contributed by atoms with van der Waals surface area (Å²) in [7, 11) is 0. The maximum absolute atomic E-state index is 10.4. The minimum Gasteiger partial charge on any atom is -0.305 e. The van der Waals surface area contributed by atoms with Crippen LogP contribution in [0.3, 0.4) is 0 Å². The van der Waals surface area contributed by atoms with Gasteiger partial charge < -0.3 is 4.40 Å². The molecule has 3 nitrogen and oxygen atoms in total. The summed E-state index contributed by atoms with van der Waals surface area (Å²) in [4.78, 5) is 14.5. The monoisotopic (exact) mass is 224 g/mol. The fourth-order valence-electron chi connectivity index (χ4n) is 1.05. The Hall–Kier alpha value is -1.16. The highest BCUT2D eigenvalue weighted by Gasteiger charge is 2.01. The van der Waals surface area contributed by atoms with E-state index < -0.39 is 0 Å². The predicted octanol–water partition coefficient (Wildman–Crippen LogP) is 1.91. The van der Waals surface area contributed by atoms with E-state index in [1.807, 2.05) is 18.3 Å². The quantitative estimate of drug-likeness (QED) is 0.694. The molecule has 2 heterocycles. The van der Waals surface area contributed by atoms with Crippen molar-refractivity contribution in [1.29, 1.82) is 0 Å². The molecule has 0 aromatic carbocycles. The molecule has 0 fully saturated rings. The second-order valence-corrected chi connectivity index (χ2v) is 3.22. The minimum atomic E-state index is 0.446. The Bertz CT molecular complexity index is 436. The average molecular weight is 225 g/mol. The molecule has 2 aromatic rings. The summed E-state index contributed by atoms with van der Waals surface area (Å²) in [5.74, 6) is 0. The van der Waals surface area contributed by atoms with E-state index in [4.69, 9.17) is 0 Å². The van der Waals surface area contributed by atoms with E-state index in [2.05, 4.69) is 20.9 Å². The standard InChI is InChI=1S/C8H5BrN2O/c9-7-2-1-3-11-4-6(5-12)10-8(7)11/h1-5H. The zero-order chi connectivity index (χ0) is 8.55. The Morgan fingerprint density at radius 3 is 3.08 bits per heavy atom. The number of halogens is 1. The van der Waals surface area contributed by atoms with Crippen molar-refractivity contribution >= 4 is 27.9 Å². The van der Waals surface area contributed by atoms with Crippen molar-refractivity contribution in [3.8, 4) is 0 Å². The van der Waals surface area contributed by atoms with E-state index >= 15 is 0 Å². The number of aromatic nitrogens is 2. The van der Waals surface area contributed by atoms with E-state index in [0.717, 1.165) is 16.4 Å². The van der Waals surface area contributed by atoms with Crippen LogP contribution in [-0.2, 0) is 0 Å². The van der Waals surface area contributed by atoms with E-state index in [1.54, 1.807) is 10.6 Å². The van der Waals surface area contributed by atoms with Gasteiger partial charge in [0.15, 0.2) is 11.9 Å². The lowest BCUT2D eigenvalue weighted by Crippen LogP contribution is -1.80. The van der Waals surface area contributed by atoms with Crippen LogP contribution in [0.5, 0.6) is 0 Å². The Balaban J connectivity index is 2.82. The van der Waals surface area contributed by atoms with Crippen LogP contribution in [0.2, 0.25) is 0 Å². The Morgan fingerprint density at radius 1 is 1.58 bits per heavy atom. The zero-order valence-corrected chi connectivity index (χ0v) is 7.65. The van der Waals surface area contributed by atoms with Crippen LogP contribution >= 0.6 is 15.9 Å². The molecule has 0 aliphatic carbocycles. The number of carbonyl (C=O) groups is 1. The number of aldehydes is 1. The molecule has 0 aliphatic heterocycles. The Morgan fingerprint density at radius 2 is 2.42 bits per heavy atom. The number of hydrogen-bond donors (Lipinski definition) is 0. The molecular formula is C8H5BrN2O. The molecule has 0 unspecified atom stereocenters. The second-order valence-electron chi connectivity index (χ2n) is 2.37. The summed E-state index contributed by atoms with van der Waals surface area (Å²) in [5, 5.41) is 0. The molecule has 0 spiro atoms. The van der Waals surface area contributed by atoms with Crippen molar-refractivity contribution in [1.82, 2.24) is 9.38 Å². The normalized spacial score (nSPS) is 10.4. The van der Waals surface area contributed by atoms with E-state index in [9.17, 15) is 4.79 Å². The largest absolute Gasteiger partial charge is 0.305 e. The number of pyridine rings is 1. The summed E-state index contributed by atoms with van der Waals surface area (Å²) in [5.41, 5.74) is 1.21. The lowest BCUT2D eigenvalue weighted by molar-refractivity contribution is 0.111. The van der Waals surface area contributed by atoms with Gasteiger partial charge in [-0.15, -0.1) is 0 Å². The van der Waals surface area contributed by atoms with Gasteiger partial charge in [0, 0.05) is 12.4 Å². The summed E-state index contributed by atoms with van der Waals surface area (Å²) >= 11 is 3.34. The van der Waals surface area contributed by atoms with Gasteiger partial charge in [0.25, 0.3) is 0 Å². The van der Waals surface area contributed by atoms with Gasteiger partial charge in [0.1, 0.15) is 5.69 Å². The van der Waals surface area contributed by atoms with Crippen molar-refractivity contribution in [2.45, 2.75) is 0 Å². The molecule has 0 aliphatic rings. The van der Waals surface area contributed by atoms with Gasteiger partial charge in [-0.1, -0.05) is 0 Å². The molecule has 0 amide bonds. The molecule has 0 atom stereocenters. The van der Waals surface area contributed by atoms with Crippen molar-refractivity contribution in [3.63, 3.8) is 0 Å². The first-order chi connectivity index (χ1) is 5.81. The van der Waals surface area contributed by atoms with E-state index in [0.29, 0.717) is 5.69 Å². The highest BCUT2D eigenvalue weighted by molar-refractivity contribution is 9.10. The third kappa shape index (κ3) is 1.04. The molecule has 12 heavy (non-hydrogen) atoms. The maximum atomic E-state index is 10.4. The topological polar surface area (TPSA) is 34.4 Å². The van der Waals surface area contributed by atoms with Crippen molar-refractivity contribution in [3.05, 3.63) is 34.7 Å². The van der Waals surface area contributed by atoms with Crippen LogP contribution in [0.25, 0.3) is 5.65 Å². The molecule has 2 rings (SSSR count). The molecule has 0 saturated heterocycles. The van der Waals surface area contributed by atoms with Crippen LogP contribution in [0.1, 0.15) is 10.5 Å². The molecule has 2 aromatic heterocycles. The number of carbonyl (C=O) groups excluding carboxylic acids is 1. The summed E-state index contributed by atoms with van der Waals surface area (Å²) in [6.45, 7) is 0. The number of imidazole rings is 1. The first-order valence-electron chi connectivity index (χ1n) is 3.39. The highest BCUT2D eigenvalue weighted by Crippen LogP contribution is 2.15. The third-order valence-corrected chi connectivity index (χ3v) is 2.19. The minimum absolute atomic E-state index is 0.446. The van der Waals surface area contributed by atoms with E-state index in [1.165, 1.54) is 0 Å². The first-order valence-corrected chi connectivity index (χ1v) is 4.19. The van der Waals surface area contributed by atoms with Crippen LogP contribution in [-0.4, -0.2) is 15.7 Å². The first kappa shape index (κ1) is 7.49. The summed E-state index contributed by atoms with van der Waals surface area (Å²) in [6.07, 6.45) is 4.27. The smallest absolute Gasteiger partial charge is 0.170 e. The molecule has 60 valence electrons. The predicted molar refractivity (Wildman–Crippen MR) is 48.3 cm³/mol. The fourth-order valence-corrected chi connectivity index (χ4v) is 1.50. The summed E-state index contributed by atoms with van der Waals surface area (Å²) < 4.78 is 2.69. The van der Waals surface area contributed by atoms with Crippen LogP contribution in [0.4, 0.5) is 0 Å². The van der Waals surface area contributed by atoms with Gasteiger partial charge in [0.2, 0.25) is 0 Å². The van der Waals surface area contributed by atoms with Crippen molar-refractivity contribution < 1.29 is 4.79 Å². The molecule has 0 bridgehead atoms. The third-order valence-electron chi connectivity index (χ3n) is 1.57. The van der Waals surface area contributed by atoms with E-state index in [-0.39, 0.29) is 0 Å². The average Bonchev–Trinajstić information content (AvgIpc) is 2.49. The molecule has 0 saturated carbocycles. The lowest BCUT2D eigenvalue weighted by atomic mass is 10.5. The molecule has 4 heteroatoms. The Kier molecular flexibility index (Phi) is 1.69. The van der Waals surface area contributed by atoms with Gasteiger partial charge in [-0.25, -0.2) is 4.98 Å². The van der Waals surface area contributed by atoms with Gasteiger partial charge in [0.05, 0.1) is 4.47 Å². The zero-order valence-electron chi connectivity index (χ0n) is 6.07. The maximum Gasteiger partial charge on any atom is 0.170 e. The van der Waals surface area contributed by atoms with Gasteiger partial charge >= 0.3 is 0 Å². The van der Waals surface area contributed by atoms with Gasteiger partial charge in [-0.3, -0.25) is 4.79 Å². The number of rotatable bonds is 1. The number of nitrogens with zero attached hydrogens (tertiary/aromatic N) is 2. The number of hydrogen-bond acceptors (Lipinski definition) is 2. The SMILES string of the molecule is O=Cc1cn2cccc(Br)c2n1. The van der Waals surface area contributed by atoms with Crippen LogP contribution in [0.15, 0.2) is 29.0 Å². The fraction of sp³-hybridized carbons (Fsp3) is 0. The van der Waals surface area contributed by atoms with Crippen LogP contribution in [0, 0.1) is 0 Å². The van der Waals surface area contributed by atoms with Gasteiger partial charge in [-0.05, 0) is 28.1 Å². The molecular weight excluding hydrogens is 220 g/mol. The lowest BCUT2D eigenvalue weighted by Gasteiger charge is -1.92. The Labute approximate surface area is 77.2 Å². The van der Waals surface area contributed by atoms with Gasteiger partial charge in [-0.2, -0.15) is 0 Å². The van der Waals surface area contributed by atoms with Crippen molar-refractivity contribution in [2.24, 2.45) is 0 Å². The number of fused-ring (bicyclic) bond motifs is 1. The van der Waals surface area contributed by atoms with Crippen LogP contribution < -0.4 is 0 Å². The molecule has 0 N–H and O–H groups in total. The van der Waals surface area contributed by atoms with Crippen molar-refractivity contribution in [2.75, 3.05) is 0 Å². The highest BCUT2D eigenvalue weighted by atomic mass is 79.9. The summed E-state index contributed by atoms with van der Waals surface area (Å²) in [6, 6.07) is 3.77. The second kappa shape index (κ2) is 2.71. The molecule has 0 radical (unpaired) electrons.